The highest BCUT2D eigenvalue weighted by molar-refractivity contribution is 7.45. The maximum atomic E-state index is 8.72. The average Bonchev–Trinajstić information content (AvgIpc) is 1.89. The van der Waals surface area contributed by atoms with E-state index in [1.54, 1.807) is 0 Å². The Kier molecular flexibility index (Phi) is 6.58. The first-order valence-corrected chi connectivity index (χ1v) is 3.90. The fourth-order valence-corrected chi connectivity index (χ4v) is 0.651. The van der Waals surface area contributed by atoms with Crippen molar-refractivity contribution < 1.29 is 19.3 Å². The van der Waals surface area contributed by atoms with E-state index >= 15 is 0 Å². The van der Waals surface area contributed by atoms with Gasteiger partial charge in [0.15, 0.2) is 8.38 Å². The molecule has 4 nitrogen and oxygen atoms in total. The molecule has 2 N–H and O–H groups in total. The Hall–Kier alpha value is 0.270. The van der Waals surface area contributed by atoms with Crippen LogP contribution >= 0.6 is 8.38 Å². The van der Waals surface area contributed by atoms with Crippen LogP contribution in [0.25, 0.3) is 0 Å². The minimum absolute atomic E-state index is 0.0209. The topological polar surface area (TPSA) is 58.9 Å². The van der Waals surface area contributed by atoms with Crippen LogP contribution in [-0.2, 0) is 9.26 Å². The largest absolute Gasteiger partial charge is 0.394 e. The zero-order valence-corrected chi connectivity index (χ0v) is 6.17. The third-order valence-electron chi connectivity index (χ3n) is 0.648. The first-order valence-electron chi connectivity index (χ1n) is 2.50. The van der Waals surface area contributed by atoms with Gasteiger partial charge in [0.25, 0.3) is 0 Å². The van der Waals surface area contributed by atoms with Crippen LogP contribution in [0.4, 0.5) is 0 Å². The van der Waals surface area contributed by atoms with Crippen LogP contribution in [0.5, 0.6) is 0 Å². The van der Waals surface area contributed by atoms with E-state index in [0.29, 0.717) is 0 Å². The Morgan fingerprint density at radius 3 is 2.67 bits per heavy atom. The van der Waals surface area contributed by atoms with Crippen molar-refractivity contribution in [2.24, 2.45) is 0 Å². The maximum absolute atomic E-state index is 8.72. The molecular weight excluding hydrogens is 143 g/mol. The summed E-state index contributed by atoms with van der Waals surface area (Å²) in [6.07, 6.45) is 0.173. The van der Waals surface area contributed by atoms with Gasteiger partial charge in [0.2, 0.25) is 0 Å². The van der Waals surface area contributed by atoms with Gasteiger partial charge >= 0.3 is 0 Å². The smallest absolute Gasteiger partial charge is 0.195 e. The molecule has 0 aliphatic carbocycles. The quantitative estimate of drug-likeness (QED) is 0.429. The van der Waals surface area contributed by atoms with Crippen molar-refractivity contribution in [1.29, 1.82) is 0 Å². The molecule has 0 rings (SSSR count). The molecule has 0 aromatic carbocycles. The van der Waals surface area contributed by atoms with Crippen molar-refractivity contribution in [3.05, 3.63) is 0 Å². The van der Waals surface area contributed by atoms with Crippen LogP contribution in [0.2, 0.25) is 0 Å². The van der Waals surface area contributed by atoms with Crippen molar-refractivity contribution >= 4 is 8.38 Å². The zero-order chi connectivity index (χ0) is 7.11. The van der Waals surface area contributed by atoms with Crippen LogP contribution in [0, 0.1) is 0 Å². The highest BCUT2D eigenvalue weighted by Crippen LogP contribution is 2.28. The van der Waals surface area contributed by atoms with Crippen molar-refractivity contribution in [3.63, 3.8) is 0 Å². The molecule has 9 heavy (non-hydrogen) atoms. The molecule has 0 saturated heterocycles. The molecule has 0 aromatic rings. The standard InChI is InChI=1S/C4H11O4P/c1-7-9(6)4-8-3-2-5/h5-6H,2-4H2,1H3. The highest BCUT2D eigenvalue weighted by Gasteiger charge is 1.99. The van der Waals surface area contributed by atoms with Crippen molar-refractivity contribution in [2.75, 3.05) is 26.7 Å². The molecule has 0 amide bonds. The van der Waals surface area contributed by atoms with Gasteiger partial charge < -0.3 is 19.3 Å². The summed E-state index contributed by atoms with van der Waals surface area (Å²) in [6.45, 7) is 0.232. The number of hydrogen-bond acceptors (Lipinski definition) is 4. The van der Waals surface area contributed by atoms with E-state index in [1.807, 2.05) is 0 Å². The van der Waals surface area contributed by atoms with Gasteiger partial charge in [0, 0.05) is 7.11 Å². The second-order valence-corrected chi connectivity index (χ2v) is 2.62. The molecule has 1 unspecified atom stereocenters. The number of hydrogen-bond donors (Lipinski definition) is 2. The average molecular weight is 154 g/mol. The molecule has 0 aromatic heterocycles. The van der Waals surface area contributed by atoms with Gasteiger partial charge in [-0.05, 0) is 0 Å². The van der Waals surface area contributed by atoms with Crippen LogP contribution < -0.4 is 0 Å². The molecule has 0 saturated carbocycles. The highest BCUT2D eigenvalue weighted by atomic mass is 31.2. The Bertz CT molecular complexity index is 60.5. The summed E-state index contributed by atoms with van der Waals surface area (Å²) >= 11 is 0. The third-order valence-corrected chi connectivity index (χ3v) is 1.47. The fraction of sp³-hybridized carbons (Fsp3) is 1.00. The van der Waals surface area contributed by atoms with E-state index in [4.69, 9.17) is 14.7 Å². The second kappa shape index (κ2) is 6.39. The molecular formula is C4H11O4P. The summed E-state index contributed by atoms with van der Waals surface area (Å²) in [5.74, 6) is 0. The zero-order valence-electron chi connectivity index (χ0n) is 5.28. The first kappa shape index (κ1) is 9.27. The predicted octanol–water partition coefficient (Wildman–Crippen LogP) is -0.0966. The van der Waals surface area contributed by atoms with Crippen molar-refractivity contribution in [2.45, 2.75) is 0 Å². The summed E-state index contributed by atoms with van der Waals surface area (Å²) in [5.41, 5.74) is 0. The van der Waals surface area contributed by atoms with E-state index in [0.717, 1.165) is 0 Å². The summed E-state index contributed by atoms with van der Waals surface area (Å²) in [7, 11) is -0.0126. The van der Waals surface area contributed by atoms with Crippen LogP contribution in [-0.4, -0.2) is 36.7 Å². The normalized spacial score (nSPS) is 13.7. The van der Waals surface area contributed by atoms with E-state index in [9.17, 15) is 0 Å². The molecule has 0 aliphatic rings. The molecule has 0 bridgehead atoms. The predicted molar refractivity (Wildman–Crippen MR) is 34.1 cm³/mol. The monoisotopic (exact) mass is 154 g/mol. The summed E-state index contributed by atoms with van der Waals surface area (Å²) in [5, 5.41) is 8.21. The summed E-state index contributed by atoms with van der Waals surface area (Å²) in [4.78, 5) is 8.72. The Labute approximate surface area is 55.3 Å². The van der Waals surface area contributed by atoms with Gasteiger partial charge in [-0.15, -0.1) is 0 Å². The minimum atomic E-state index is -1.42. The van der Waals surface area contributed by atoms with Crippen molar-refractivity contribution in [3.8, 4) is 0 Å². The molecule has 0 radical (unpaired) electrons. The number of aliphatic hydroxyl groups is 1. The lowest BCUT2D eigenvalue weighted by molar-refractivity contribution is 0.115. The van der Waals surface area contributed by atoms with Crippen molar-refractivity contribution in [1.82, 2.24) is 0 Å². The van der Waals surface area contributed by atoms with Gasteiger partial charge in [-0.3, -0.25) is 0 Å². The molecule has 56 valence electrons. The summed E-state index contributed by atoms with van der Waals surface area (Å²) < 4.78 is 9.25. The number of rotatable bonds is 5. The third kappa shape index (κ3) is 6.15. The van der Waals surface area contributed by atoms with Gasteiger partial charge in [-0.2, -0.15) is 0 Å². The fourth-order valence-electron chi connectivity index (χ4n) is 0.260. The maximum Gasteiger partial charge on any atom is 0.195 e. The summed E-state index contributed by atoms with van der Waals surface area (Å²) in [6, 6.07) is 0. The molecule has 5 heteroatoms. The van der Waals surface area contributed by atoms with Gasteiger partial charge in [-0.25, -0.2) is 0 Å². The number of ether oxygens (including phenoxy) is 1. The first-order chi connectivity index (χ1) is 4.31. The SMILES string of the molecule is COP(O)COCCO. The van der Waals surface area contributed by atoms with Gasteiger partial charge in [-0.1, -0.05) is 0 Å². The van der Waals surface area contributed by atoms with Gasteiger partial charge in [0.1, 0.15) is 6.35 Å². The molecule has 0 spiro atoms. The molecule has 0 fully saturated rings. The Morgan fingerprint density at radius 1 is 1.56 bits per heavy atom. The van der Waals surface area contributed by atoms with Crippen LogP contribution in [0.15, 0.2) is 0 Å². The van der Waals surface area contributed by atoms with E-state index in [2.05, 4.69) is 4.52 Å². The second-order valence-electron chi connectivity index (χ2n) is 1.30. The Morgan fingerprint density at radius 2 is 2.22 bits per heavy atom. The lowest BCUT2D eigenvalue weighted by Crippen LogP contribution is -1.99. The lowest BCUT2D eigenvalue weighted by Gasteiger charge is -2.05. The molecule has 0 heterocycles. The van der Waals surface area contributed by atoms with E-state index in [1.165, 1.54) is 7.11 Å². The van der Waals surface area contributed by atoms with Crippen LogP contribution in [0.3, 0.4) is 0 Å². The van der Waals surface area contributed by atoms with E-state index < -0.39 is 8.38 Å². The lowest BCUT2D eigenvalue weighted by atomic mass is 10.8. The van der Waals surface area contributed by atoms with Gasteiger partial charge in [0.05, 0.1) is 13.2 Å². The molecule has 0 aliphatic heterocycles. The minimum Gasteiger partial charge on any atom is -0.394 e. The molecule has 1 atom stereocenters. The Balaban J connectivity index is 2.88. The number of aliphatic hydroxyl groups excluding tert-OH is 1. The van der Waals surface area contributed by atoms with E-state index in [-0.39, 0.29) is 19.6 Å². The van der Waals surface area contributed by atoms with Crippen LogP contribution in [0.1, 0.15) is 0 Å².